The number of fused-ring (bicyclic) bond motifs is 2. The van der Waals surface area contributed by atoms with Gasteiger partial charge in [0.05, 0.1) is 0 Å². The molecule has 5 rings (SSSR count). The molecule has 2 unspecified atom stereocenters. The fraction of sp³-hybridized carbons (Fsp3) is 0.312. The molecular weight excluding hydrogens is 460 g/mol. The molecule has 0 heterocycles. The molecular formula is C32H34N2O3. The van der Waals surface area contributed by atoms with Crippen LogP contribution >= 0.6 is 0 Å². The van der Waals surface area contributed by atoms with Crippen LogP contribution in [0.25, 0.3) is 21.5 Å². The van der Waals surface area contributed by atoms with Gasteiger partial charge in [0.25, 0.3) is 5.91 Å². The van der Waals surface area contributed by atoms with Gasteiger partial charge in [-0.2, -0.15) is 0 Å². The lowest BCUT2D eigenvalue weighted by Gasteiger charge is -2.46. The van der Waals surface area contributed by atoms with E-state index >= 15 is 0 Å². The average Bonchev–Trinajstić information content (AvgIpc) is 2.85. The minimum atomic E-state index is -0.444. The Morgan fingerprint density at radius 2 is 1.43 bits per heavy atom. The Hall–Kier alpha value is -3.86. The smallest absolute Gasteiger partial charge is 0.410 e. The van der Waals surface area contributed by atoms with Crippen molar-refractivity contribution in [1.29, 1.82) is 0 Å². The third-order valence-electron chi connectivity index (χ3n) is 7.38. The van der Waals surface area contributed by atoms with Crippen molar-refractivity contribution in [3.8, 4) is 5.75 Å². The number of hydrogen-bond donors (Lipinski definition) is 2. The van der Waals surface area contributed by atoms with Gasteiger partial charge in [-0.3, -0.25) is 4.79 Å². The first-order chi connectivity index (χ1) is 17.7. The molecule has 2 atom stereocenters. The Morgan fingerprint density at radius 1 is 0.811 bits per heavy atom. The maximum Gasteiger partial charge on any atom is 0.412 e. The van der Waals surface area contributed by atoms with Crippen LogP contribution in [0.5, 0.6) is 5.75 Å². The Bertz CT molecular complexity index is 1460. The third kappa shape index (κ3) is 5.93. The highest BCUT2D eigenvalue weighted by Crippen LogP contribution is 2.45. The molecule has 1 aliphatic carbocycles. The first kappa shape index (κ1) is 24.8. The lowest BCUT2D eigenvalue weighted by atomic mass is 9.62. The first-order valence-electron chi connectivity index (χ1n) is 12.9. The minimum Gasteiger partial charge on any atom is -0.410 e. The number of ether oxygens (including phenoxy) is 1. The molecule has 2 amide bonds. The highest BCUT2D eigenvalue weighted by atomic mass is 16.6. The van der Waals surface area contributed by atoms with Crippen molar-refractivity contribution in [2.75, 3.05) is 6.54 Å². The van der Waals surface area contributed by atoms with E-state index in [1.54, 1.807) is 0 Å². The van der Waals surface area contributed by atoms with Gasteiger partial charge in [-0.1, -0.05) is 81.4 Å². The zero-order valence-electron chi connectivity index (χ0n) is 21.7. The topological polar surface area (TPSA) is 67.4 Å². The second kappa shape index (κ2) is 9.89. The van der Waals surface area contributed by atoms with Gasteiger partial charge in [0.15, 0.2) is 0 Å². The maximum absolute atomic E-state index is 13.0. The van der Waals surface area contributed by atoms with Gasteiger partial charge in [-0.25, -0.2) is 4.79 Å². The van der Waals surface area contributed by atoms with Crippen LogP contribution in [-0.2, 0) is 0 Å². The average molecular weight is 495 g/mol. The zero-order valence-corrected chi connectivity index (χ0v) is 21.7. The highest BCUT2D eigenvalue weighted by molar-refractivity contribution is 5.98. The van der Waals surface area contributed by atoms with Crippen molar-refractivity contribution in [2.24, 2.45) is 10.8 Å². The van der Waals surface area contributed by atoms with E-state index in [9.17, 15) is 9.59 Å². The normalized spacial score (nSPS) is 20.9. The number of benzene rings is 4. The van der Waals surface area contributed by atoms with Crippen LogP contribution in [0.3, 0.4) is 0 Å². The molecule has 5 nitrogen and oxygen atoms in total. The first-order valence-corrected chi connectivity index (χ1v) is 12.9. The molecule has 4 aromatic carbocycles. The molecule has 0 saturated heterocycles. The van der Waals surface area contributed by atoms with Crippen molar-refractivity contribution < 1.29 is 14.3 Å². The summed E-state index contributed by atoms with van der Waals surface area (Å²) < 4.78 is 5.63. The van der Waals surface area contributed by atoms with E-state index in [2.05, 4.69) is 31.4 Å². The van der Waals surface area contributed by atoms with E-state index < -0.39 is 6.09 Å². The van der Waals surface area contributed by atoms with E-state index in [0.717, 1.165) is 40.8 Å². The van der Waals surface area contributed by atoms with Crippen molar-refractivity contribution in [3.63, 3.8) is 0 Å². The molecule has 0 radical (unpaired) electrons. The van der Waals surface area contributed by atoms with Crippen molar-refractivity contribution in [3.05, 3.63) is 90.5 Å². The summed E-state index contributed by atoms with van der Waals surface area (Å²) in [6.45, 7) is 7.18. The van der Waals surface area contributed by atoms with Crippen molar-refractivity contribution in [2.45, 2.75) is 46.1 Å². The number of nitrogens with one attached hydrogen (secondary N) is 2. The van der Waals surface area contributed by atoms with Crippen LogP contribution in [0.1, 0.15) is 50.4 Å². The summed E-state index contributed by atoms with van der Waals surface area (Å²) in [6.07, 6.45) is 2.13. The second-order valence-corrected chi connectivity index (χ2v) is 11.5. The van der Waals surface area contributed by atoms with Crippen molar-refractivity contribution in [1.82, 2.24) is 10.6 Å². The highest BCUT2D eigenvalue weighted by Gasteiger charge is 2.42. The summed E-state index contributed by atoms with van der Waals surface area (Å²) in [4.78, 5) is 25.8. The Morgan fingerprint density at radius 3 is 2.14 bits per heavy atom. The summed E-state index contributed by atoms with van der Waals surface area (Å²) in [5, 5.41) is 10.5. The number of hydrogen-bond acceptors (Lipinski definition) is 3. The third-order valence-corrected chi connectivity index (χ3v) is 7.38. The predicted octanol–water partition coefficient (Wildman–Crippen LogP) is 7.10. The van der Waals surface area contributed by atoms with E-state index in [0.29, 0.717) is 17.9 Å². The fourth-order valence-electron chi connectivity index (χ4n) is 6.13. The SMILES string of the molecule is CC1(C)CC(NC(=O)Oc2ccc3ccccc3c2)CC(C)(CNC(=O)c2ccc3ccccc3c2)C1. The predicted molar refractivity (Wildman–Crippen MR) is 149 cm³/mol. The van der Waals surface area contributed by atoms with Gasteiger partial charge >= 0.3 is 6.09 Å². The zero-order chi connectivity index (χ0) is 26.0. The molecule has 0 spiro atoms. The Kier molecular flexibility index (Phi) is 6.63. The fourth-order valence-corrected chi connectivity index (χ4v) is 6.13. The van der Waals surface area contributed by atoms with Crippen LogP contribution < -0.4 is 15.4 Å². The molecule has 4 aromatic rings. The van der Waals surface area contributed by atoms with Gasteiger partial charge in [-0.15, -0.1) is 0 Å². The number of amides is 2. The molecule has 1 aliphatic rings. The lowest BCUT2D eigenvalue weighted by Crippen LogP contribution is -2.50. The minimum absolute atomic E-state index is 0.0154. The monoisotopic (exact) mass is 494 g/mol. The summed E-state index contributed by atoms with van der Waals surface area (Å²) in [5.74, 6) is 0.451. The molecule has 2 N–H and O–H groups in total. The Labute approximate surface area is 218 Å². The molecule has 190 valence electrons. The van der Waals surface area contributed by atoms with Gasteiger partial charge in [0, 0.05) is 18.2 Å². The summed E-state index contributed by atoms with van der Waals surface area (Å²) >= 11 is 0. The molecule has 1 fully saturated rings. The number of carbonyl (C=O) groups is 2. The van der Waals surface area contributed by atoms with Crippen LogP contribution in [0.15, 0.2) is 84.9 Å². The molecule has 1 saturated carbocycles. The van der Waals surface area contributed by atoms with Gasteiger partial charge in [0.1, 0.15) is 5.75 Å². The number of rotatable bonds is 5. The molecule has 0 bridgehead atoms. The maximum atomic E-state index is 13.0. The largest absolute Gasteiger partial charge is 0.412 e. The quantitative estimate of drug-likeness (QED) is 0.311. The lowest BCUT2D eigenvalue weighted by molar-refractivity contribution is 0.0647. The standard InChI is InChI=1S/C32H34N2O3/c1-31(2)18-27(34-30(36)37-28-15-14-23-9-5-7-11-25(23)17-28)19-32(3,20-31)21-33-29(35)26-13-12-22-8-4-6-10-24(22)16-26/h4-17,27H,18-21H2,1-3H3,(H,33,35)(H,34,36). The van der Waals surface area contributed by atoms with Crippen LogP contribution in [0.2, 0.25) is 0 Å². The Balaban J connectivity index is 1.22. The van der Waals surface area contributed by atoms with Gasteiger partial charge in [0.2, 0.25) is 0 Å². The van der Waals surface area contributed by atoms with Gasteiger partial charge in [-0.05, 0) is 75.9 Å². The summed E-state index contributed by atoms with van der Waals surface area (Å²) in [5.41, 5.74) is 0.516. The van der Waals surface area contributed by atoms with Crippen LogP contribution in [-0.4, -0.2) is 24.6 Å². The molecule has 0 aromatic heterocycles. The van der Waals surface area contributed by atoms with Gasteiger partial charge < -0.3 is 15.4 Å². The summed E-state index contributed by atoms with van der Waals surface area (Å²) in [7, 11) is 0. The van der Waals surface area contributed by atoms with Crippen LogP contribution in [0, 0.1) is 10.8 Å². The second-order valence-electron chi connectivity index (χ2n) is 11.5. The van der Waals surface area contributed by atoms with Crippen LogP contribution in [0.4, 0.5) is 4.79 Å². The molecule has 0 aliphatic heterocycles. The molecule has 5 heteroatoms. The van der Waals surface area contributed by atoms with E-state index in [4.69, 9.17) is 4.74 Å². The van der Waals surface area contributed by atoms with E-state index in [-0.39, 0.29) is 22.8 Å². The summed E-state index contributed by atoms with van der Waals surface area (Å²) in [6, 6.07) is 27.4. The van der Waals surface area contributed by atoms with E-state index in [1.165, 1.54) is 0 Å². The van der Waals surface area contributed by atoms with Crippen molar-refractivity contribution >= 4 is 33.5 Å². The van der Waals surface area contributed by atoms with E-state index in [1.807, 2.05) is 84.9 Å². The molecule has 37 heavy (non-hydrogen) atoms. The number of carbonyl (C=O) groups excluding carboxylic acids is 2.